The molecule has 0 radical (unpaired) electrons. The Balaban J connectivity index is 1.70. The molecule has 23 heavy (non-hydrogen) atoms. The normalized spacial score (nSPS) is 21.4. The molecule has 128 valence electrons. The van der Waals surface area contributed by atoms with E-state index in [1.165, 1.54) is 23.4 Å². The van der Waals surface area contributed by atoms with Crippen LogP contribution in [0.5, 0.6) is 0 Å². The van der Waals surface area contributed by atoms with Crippen molar-refractivity contribution in [1.29, 1.82) is 0 Å². The zero-order chi connectivity index (χ0) is 16.6. The Bertz CT molecular complexity index is 666. The molecule has 1 fully saturated rings. The standard InChI is InChI=1S/C17H26N2O3S/c1-13-5-8-18(9-6-13)12-17(20)15-3-4-16-14(11-15)7-10-19(16)23(2,21)22/h3-4,11,13,17,20H,5-10,12H2,1-2H3. The van der Waals surface area contributed by atoms with Crippen LogP contribution in [0.25, 0.3) is 0 Å². The van der Waals surface area contributed by atoms with Crippen molar-refractivity contribution < 1.29 is 13.5 Å². The number of likely N-dealkylation sites (tertiary alicyclic amines) is 1. The largest absolute Gasteiger partial charge is 0.387 e. The molecule has 1 N–H and O–H groups in total. The van der Waals surface area contributed by atoms with Crippen molar-refractivity contribution >= 4 is 15.7 Å². The van der Waals surface area contributed by atoms with E-state index in [-0.39, 0.29) is 0 Å². The van der Waals surface area contributed by atoms with Gasteiger partial charge in [0.1, 0.15) is 0 Å². The minimum absolute atomic E-state index is 0.498. The molecule has 2 heterocycles. The molecule has 3 rings (SSSR count). The summed E-state index contributed by atoms with van der Waals surface area (Å²) >= 11 is 0. The number of sulfonamides is 1. The van der Waals surface area contributed by atoms with Crippen LogP contribution in [-0.2, 0) is 16.4 Å². The Morgan fingerprint density at radius 3 is 2.61 bits per heavy atom. The van der Waals surface area contributed by atoms with Gasteiger partial charge in [-0.15, -0.1) is 0 Å². The minimum Gasteiger partial charge on any atom is -0.387 e. The van der Waals surface area contributed by atoms with Gasteiger partial charge in [-0.25, -0.2) is 8.42 Å². The smallest absolute Gasteiger partial charge is 0.232 e. The first-order chi connectivity index (χ1) is 10.8. The predicted octanol–water partition coefficient (Wildman–Crippen LogP) is 1.77. The highest BCUT2D eigenvalue weighted by Gasteiger charge is 2.27. The topological polar surface area (TPSA) is 60.9 Å². The van der Waals surface area contributed by atoms with E-state index in [0.29, 0.717) is 19.5 Å². The maximum atomic E-state index is 11.8. The molecule has 5 nitrogen and oxygen atoms in total. The third kappa shape index (κ3) is 3.70. The van der Waals surface area contributed by atoms with Crippen molar-refractivity contribution in [3.8, 4) is 0 Å². The highest BCUT2D eigenvalue weighted by molar-refractivity contribution is 7.92. The average Bonchev–Trinajstić information content (AvgIpc) is 2.92. The summed E-state index contributed by atoms with van der Waals surface area (Å²) in [5, 5.41) is 10.5. The molecule has 1 atom stereocenters. The highest BCUT2D eigenvalue weighted by Crippen LogP contribution is 2.32. The summed E-state index contributed by atoms with van der Waals surface area (Å²) in [6.45, 7) is 5.52. The van der Waals surface area contributed by atoms with E-state index in [2.05, 4.69) is 11.8 Å². The van der Waals surface area contributed by atoms with E-state index < -0.39 is 16.1 Å². The molecule has 2 aliphatic heterocycles. The third-order valence-corrected chi connectivity index (χ3v) is 6.23. The Labute approximate surface area is 139 Å². The first-order valence-corrected chi connectivity index (χ1v) is 10.2. The van der Waals surface area contributed by atoms with Gasteiger partial charge >= 0.3 is 0 Å². The van der Waals surface area contributed by atoms with Crippen LogP contribution >= 0.6 is 0 Å². The van der Waals surface area contributed by atoms with E-state index >= 15 is 0 Å². The van der Waals surface area contributed by atoms with Crippen LogP contribution < -0.4 is 4.31 Å². The van der Waals surface area contributed by atoms with E-state index in [1.807, 2.05) is 18.2 Å². The van der Waals surface area contributed by atoms with Gasteiger partial charge < -0.3 is 10.0 Å². The summed E-state index contributed by atoms with van der Waals surface area (Å²) in [5.74, 6) is 0.783. The second-order valence-corrected chi connectivity index (χ2v) is 8.88. The second kappa shape index (κ2) is 6.42. The van der Waals surface area contributed by atoms with Crippen molar-refractivity contribution in [1.82, 2.24) is 4.90 Å². The molecule has 0 saturated carbocycles. The van der Waals surface area contributed by atoms with Crippen molar-refractivity contribution in [3.05, 3.63) is 29.3 Å². The predicted molar refractivity (Wildman–Crippen MR) is 92.1 cm³/mol. The molecule has 0 bridgehead atoms. The van der Waals surface area contributed by atoms with Crippen LogP contribution in [-0.4, -0.2) is 50.9 Å². The highest BCUT2D eigenvalue weighted by atomic mass is 32.2. The number of β-amino-alcohol motifs (C(OH)–C–C–N with tert-alkyl or cyclic N) is 1. The summed E-state index contributed by atoms with van der Waals surface area (Å²) in [7, 11) is -3.21. The Kier molecular flexibility index (Phi) is 4.67. The fraction of sp³-hybridized carbons (Fsp3) is 0.647. The van der Waals surface area contributed by atoms with Gasteiger partial charge in [0.25, 0.3) is 0 Å². The molecule has 0 spiro atoms. The number of aliphatic hydroxyl groups is 1. The molecular formula is C17H26N2O3S. The van der Waals surface area contributed by atoms with E-state index in [1.54, 1.807) is 0 Å². The zero-order valence-corrected chi connectivity index (χ0v) is 14.7. The molecule has 6 heteroatoms. The number of hydrogen-bond acceptors (Lipinski definition) is 4. The lowest BCUT2D eigenvalue weighted by Gasteiger charge is -2.31. The number of hydrogen-bond donors (Lipinski definition) is 1. The summed E-state index contributed by atoms with van der Waals surface area (Å²) in [4.78, 5) is 2.32. The van der Waals surface area contributed by atoms with Crippen LogP contribution in [0.15, 0.2) is 18.2 Å². The average molecular weight is 338 g/mol. The van der Waals surface area contributed by atoms with Crippen LogP contribution in [0.2, 0.25) is 0 Å². The van der Waals surface area contributed by atoms with Gasteiger partial charge in [-0.2, -0.15) is 0 Å². The number of benzene rings is 1. The minimum atomic E-state index is -3.21. The van der Waals surface area contributed by atoms with E-state index in [9.17, 15) is 13.5 Å². The fourth-order valence-electron chi connectivity index (χ4n) is 3.54. The van der Waals surface area contributed by atoms with Gasteiger partial charge in [0.2, 0.25) is 10.0 Å². The fourth-order valence-corrected chi connectivity index (χ4v) is 4.50. The Morgan fingerprint density at radius 2 is 1.96 bits per heavy atom. The number of fused-ring (bicyclic) bond motifs is 1. The quantitative estimate of drug-likeness (QED) is 0.909. The zero-order valence-electron chi connectivity index (χ0n) is 13.9. The van der Waals surface area contributed by atoms with Gasteiger partial charge in [-0.1, -0.05) is 19.1 Å². The van der Waals surface area contributed by atoms with Crippen molar-refractivity contribution in [2.24, 2.45) is 5.92 Å². The van der Waals surface area contributed by atoms with Crippen LogP contribution in [0.3, 0.4) is 0 Å². The van der Waals surface area contributed by atoms with Crippen molar-refractivity contribution in [2.45, 2.75) is 32.3 Å². The van der Waals surface area contributed by atoms with Crippen LogP contribution in [0.1, 0.15) is 37.0 Å². The lowest BCUT2D eigenvalue weighted by atomic mass is 9.98. The maximum absolute atomic E-state index is 11.8. The van der Waals surface area contributed by atoms with Crippen molar-refractivity contribution in [3.63, 3.8) is 0 Å². The van der Waals surface area contributed by atoms with Gasteiger partial charge in [-0.05, 0) is 55.5 Å². The SMILES string of the molecule is CC1CCN(CC(O)c2ccc3c(c2)CCN3S(C)(=O)=O)CC1. The molecule has 1 aromatic rings. The molecule has 1 unspecified atom stereocenters. The molecular weight excluding hydrogens is 312 g/mol. The molecule has 0 aliphatic carbocycles. The van der Waals surface area contributed by atoms with Crippen LogP contribution in [0.4, 0.5) is 5.69 Å². The summed E-state index contributed by atoms with van der Waals surface area (Å²) < 4.78 is 25.0. The summed E-state index contributed by atoms with van der Waals surface area (Å²) in [6, 6.07) is 5.66. The van der Waals surface area contributed by atoms with Gasteiger partial charge in [-0.3, -0.25) is 4.31 Å². The molecule has 2 aliphatic rings. The number of aliphatic hydroxyl groups excluding tert-OH is 1. The van der Waals surface area contributed by atoms with E-state index in [4.69, 9.17) is 0 Å². The second-order valence-electron chi connectivity index (χ2n) is 6.97. The number of piperidine rings is 1. The molecule has 0 amide bonds. The van der Waals surface area contributed by atoms with Gasteiger partial charge in [0.05, 0.1) is 18.0 Å². The lowest BCUT2D eigenvalue weighted by molar-refractivity contribution is 0.0916. The number of anilines is 1. The number of rotatable bonds is 4. The van der Waals surface area contributed by atoms with Crippen molar-refractivity contribution in [2.75, 3.05) is 36.7 Å². The van der Waals surface area contributed by atoms with Crippen LogP contribution in [0, 0.1) is 5.92 Å². The third-order valence-electron chi connectivity index (χ3n) is 5.05. The first kappa shape index (κ1) is 16.7. The molecule has 1 saturated heterocycles. The number of nitrogens with zero attached hydrogens (tertiary/aromatic N) is 2. The molecule has 0 aromatic heterocycles. The summed E-state index contributed by atoms with van der Waals surface area (Å²) in [5.41, 5.74) is 2.66. The van der Waals surface area contributed by atoms with Gasteiger partial charge in [0, 0.05) is 13.1 Å². The lowest BCUT2D eigenvalue weighted by Crippen LogP contribution is -2.36. The van der Waals surface area contributed by atoms with Gasteiger partial charge in [0.15, 0.2) is 0 Å². The summed E-state index contributed by atoms with van der Waals surface area (Å²) in [6.07, 6.45) is 3.83. The Hall–Kier alpha value is -1.11. The first-order valence-electron chi connectivity index (χ1n) is 8.35. The Morgan fingerprint density at radius 1 is 1.26 bits per heavy atom. The maximum Gasteiger partial charge on any atom is 0.232 e. The molecule has 1 aromatic carbocycles. The monoisotopic (exact) mass is 338 g/mol. The van der Waals surface area contributed by atoms with E-state index in [0.717, 1.165) is 35.8 Å².